The molecule has 1 heteroatoms. The molecule has 0 spiro atoms. The second-order valence-electron chi connectivity index (χ2n) is 1.18. The van der Waals surface area contributed by atoms with Crippen LogP contribution in [0.4, 0.5) is 0 Å². The van der Waals surface area contributed by atoms with Crippen LogP contribution in [0.25, 0.3) is 0 Å². The van der Waals surface area contributed by atoms with Gasteiger partial charge in [-0.1, -0.05) is 0 Å². The average molecular weight is 73.1 g/mol. The minimum Gasteiger partial charge on any atom is -0.317 e. The summed E-state index contributed by atoms with van der Waals surface area (Å²) in [6.07, 6.45) is -0.243. The maximum Gasteiger partial charge on any atom is 0.0280 e. The summed E-state index contributed by atoms with van der Waals surface area (Å²) in [6.45, 7) is 1.38. The van der Waals surface area contributed by atoms with Crippen molar-refractivity contribution in [1.82, 2.24) is 5.32 Å². The van der Waals surface area contributed by atoms with Gasteiger partial charge in [0.05, 0.1) is 0 Å². The molecule has 1 fully saturated rings. The first-order valence-electron chi connectivity index (χ1n) is 2.91. The lowest BCUT2D eigenvalue weighted by Crippen LogP contribution is -2.03. The molecule has 0 amide bonds. The highest BCUT2D eigenvalue weighted by atomic mass is 14.9. The molecule has 1 saturated heterocycles. The molecule has 0 saturated carbocycles. The van der Waals surface area contributed by atoms with Crippen LogP contribution in [0.3, 0.4) is 0 Å². The monoisotopic (exact) mass is 73.1 g/mol. The maximum absolute atomic E-state index is 7.09. The predicted molar refractivity (Wildman–Crippen MR) is 22.1 cm³/mol. The molecule has 1 aliphatic heterocycles. The Bertz CT molecular complexity index is 64.1. The van der Waals surface area contributed by atoms with E-state index in [-0.39, 0.29) is 0 Å². The van der Waals surface area contributed by atoms with E-state index < -0.39 is 6.37 Å². The van der Waals surface area contributed by atoms with Gasteiger partial charge < -0.3 is 5.32 Å². The van der Waals surface area contributed by atoms with Crippen LogP contribution in [0, 0.1) is 0 Å². The molecule has 5 heavy (non-hydrogen) atoms. The first-order chi connectivity index (χ1) is 3.21. The lowest BCUT2D eigenvalue weighted by atomic mass is 10.4. The Morgan fingerprint density at radius 2 is 2.60 bits per heavy atom. The van der Waals surface area contributed by atoms with Crippen molar-refractivity contribution in [3.8, 4) is 0 Å². The van der Waals surface area contributed by atoms with Crippen molar-refractivity contribution in [1.29, 1.82) is 0 Å². The smallest absolute Gasteiger partial charge is 0.0280 e. The van der Waals surface area contributed by atoms with Crippen molar-refractivity contribution in [2.75, 3.05) is 13.1 Å². The largest absolute Gasteiger partial charge is 0.317 e. The predicted octanol–water partition coefficient (Wildman–Crippen LogP) is 0.370. The van der Waals surface area contributed by atoms with Gasteiger partial charge in [-0.3, -0.25) is 0 Å². The van der Waals surface area contributed by atoms with E-state index in [4.69, 9.17) is 2.74 Å². The van der Waals surface area contributed by atoms with Crippen LogP contribution in [-0.4, -0.2) is 13.1 Å². The van der Waals surface area contributed by atoms with Crippen LogP contribution in [0.2, 0.25) is 0 Å². The molecule has 30 valence electrons. The van der Waals surface area contributed by atoms with Crippen molar-refractivity contribution >= 4 is 0 Å². The lowest BCUT2D eigenvalue weighted by molar-refractivity contribution is 0.857. The summed E-state index contributed by atoms with van der Waals surface area (Å²) in [5.41, 5.74) is 0. The van der Waals surface area contributed by atoms with Crippen LogP contribution >= 0.6 is 0 Å². The van der Waals surface area contributed by atoms with Gasteiger partial charge in [0, 0.05) is 2.74 Å². The van der Waals surface area contributed by atoms with E-state index in [1.165, 1.54) is 0 Å². The van der Waals surface area contributed by atoms with E-state index in [1.54, 1.807) is 0 Å². The van der Waals surface area contributed by atoms with E-state index in [2.05, 4.69) is 5.32 Å². The molecule has 0 aromatic heterocycles. The number of hydrogen-bond donors (Lipinski definition) is 1. The third kappa shape index (κ3) is 0.618. The van der Waals surface area contributed by atoms with Crippen LogP contribution in [0.5, 0.6) is 0 Å². The van der Waals surface area contributed by atoms with Crippen molar-refractivity contribution in [3.05, 3.63) is 0 Å². The maximum atomic E-state index is 7.09. The zero-order valence-corrected chi connectivity index (χ0v) is 3.12. The summed E-state index contributed by atoms with van der Waals surface area (Å²) in [4.78, 5) is 0. The third-order valence-electron chi connectivity index (χ3n) is 0.729. The van der Waals surface area contributed by atoms with Gasteiger partial charge in [-0.05, 0) is 25.9 Å². The molecule has 0 radical (unpaired) electrons. The number of nitrogens with one attached hydrogen (secondary N) is 1. The van der Waals surface area contributed by atoms with E-state index in [9.17, 15) is 0 Å². The van der Waals surface area contributed by atoms with E-state index in [0.717, 1.165) is 6.54 Å². The fourth-order valence-electron chi connectivity index (χ4n) is 0.442. The minimum atomic E-state index is -0.917. The molecule has 0 atom stereocenters. The van der Waals surface area contributed by atoms with Gasteiger partial charge in [0.1, 0.15) is 0 Å². The average Bonchev–Trinajstić information content (AvgIpc) is 1.84. The number of rotatable bonds is 0. The Kier molecular flexibility index (Phi) is 0.453. The fraction of sp³-hybridized carbons (Fsp3) is 1.00. The molecule has 0 aliphatic carbocycles. The molecule has 1 nitrogen and oxygen atoms in total. The SMILES string of the molecule is [2H]C1([2H])CCNC1. The van der Waals surface area contributed by atoms with Gasteiger partial charge in [-0.25, -0.2) is 0 Å². The molecule has 1 N–H and O–H groups in total. The molecule has 1 rings (SSSR count). The van der Waals surface area contributed by atoms with Crippen molar-refractivity contribution in [3.63, 3.8) is 0 Å². The Hall–Kier alpha value is -0.0400. The second kappa shape index (κ2) is 1.41. The first kappa shape index (κ1) is 1.61. The lowest BCUT2D eigenvalue weighted by Gasteiger charge is -1.76. The van der Waals surface area contributed by atoms with Crippen LogP contribution in [0.15, 0.2) is 0 Å². The Balaban J connectivity index is 2.40. The van der Waals surface area contributed by atoms with E-state index in [0.29, 0.717) is 13.0 Å². The summed E-state index contributed by atoms with van der Waals surface area (Å²) >= 11 is 0. The molecule has 0 unspecified atom stereocenters. The summed E-state index contributed by atoms with van der Waals surface area (Å²) < 4.78 is 14.2. The summed E-state index contributed by atoms with van der Waals surface area (Å²) in [6, 6.07) is 0. The quantitative estimate of drug-likeness (QED) is 0.437. The Morgan fingerprint density at radius 3 is 2.80 bits per heavy atom. The van der Waals surface area contributed by atoms with Gasteiger partial charge in [-0.2, -0.15) is 0 Å². The zero-order chi connectivity index (χ0) is 5.33. The van der Waals surface area contributed by atoms with Crippen LogP contribution in [0.1, 0.15) is 15.5 Å². The molecule has 1 aliphatic rings. The molecule has 0 bridgehead atoms. The number of hydrogen-bond acceptors (Lipinski definition) is 1. The second-order valence-corrected chi connectivity index (χ2v) is 1.18. The Labute approximate surface area is 35.2 Å². The van der Waals surface area contributed by atoms with Crippen LogP contribution in [-0.2, 0) is 0 Å². The molecule has 1 heterocycles. The molecule has 0 aromatic rings. The molecule has 0 aromatic carbocycles. The van der Waals surface area contributed by atoms with E-state index >= 15 is 0 Å². The van der Waals surface area contributed by atoms with E-state index in [1.807, 2.05) is 0 Å². The Morgan fingerprint density at radius 1 is 1.60 bits per heavy atom. The molecular weight excluding hydrogens is 62.1 g/mol. The molecular formula is C4H9N. The zero-order valence-electron chi connectivity index (χ0n) is 5.12. The van der Waals surface area contributed by atoms with Gasteiger partial charge in [0.25, 0.3) is 0 Å². The standard InChI is InChI=1S/C4H9N/c1-2-4-5-3-1/h5H,1-4H2/i1D2. The van der Waals surface area contributed by atoms with Crippen molar-refractivity contribution in [2.24, 2.45) is 0 Å². The van der Waals surface area contributed by atoms with Crippen molar-refractivity contribution in [2.45, 2.75) is 12.8 Å². The highest BCUT2D eigenvalue weighted by Gasteiger charge is 1.93. The minimum absolute atomic E-state index is 0.535. The van der Waals surface area contributed by atoms with Gasteiger partial charge in [-0.15, -0.1) is 0 Å². The van der Waals surface area contributed by atoms with Gasteiger partial charge >= 0.3 is 0 Å². The highest BCUT2D eigenvalue weighted by molar-refractivity contribution is 4.55. The summed E-state index contributed by atoms with van der Waals surface area (Å²) in [5, 5.41) is 2.94. The van der Waals surface area contributed by atoms with Gasteiger partial charge in [0.15, 0.2) is 0 Å². The highest BCUT2D eigenvalue weighted by Crippen LogP contribution is 1.90. The van der Waals surface area contributed by atoms with Crippen LogP contribution < -0.4 is 5.32 Å². The van der Waals surface area contributed by atoms with Gasteiger partial charge in [0.2, 0.25) is 0 Å². The van der Waals surface area contributed by atoms with Crippen molar-refractivity contribution < 1.29 is 2.74 Å². The normalized spacial score (nSPS) is 40.0. The third-order valence-corrected chi connectivity index (χ3v) is 0.729. The topological polar surface area (TPSA) is 12.0 Å². The summed E-state index contributed by atoms with van der Waals surface area (Å²) in [5.74, 6) is 0. The summed E-state index contributed by atoms with van der Waals surface area (Å²) in [7, 11) is 0. The first-order valence-corrected chi connectivity index (χ1v) is 1.91. The fourth-order valence-corrected chi connectivity index (χ4v) is 0.442.